The molecule has 1 amide bonds. The van der Waals surface area contributed by atoms with Gasteiger partial charge in [-0.25, -0.2) is 4.98 Å². The Morgan fingerprint density at radius 3 is 2.76 bits per heavy atom. The molecule has 7 nitrogen and oxygen atoms in total. The zero-order chi connectivity index (χ0) is 12.4. The number of aromatic amines is 1. The predicted octanol–water partition coefficient (Wildman–Crippen LogP) is 0.520. The van der Waals surface area contributed by atoms with Crippen molar-refractivity contribution in [3.05, 3.63) is 27.9 Å². The fraction of sp³-hybridized carbons (Fsp3) is 0.500. The number of hydrogen-bond donors (Lipinski definition) is 2. The SMILES string of the molecule is O=C(c1ccc([N+](=O)[O-])[nH]1)N(CCO)C1CC1. The van der Waals surface area contributed by atoms with Gasteiger partial charge in [-0.15, -0.1) is 0 Å². The summed E-state index contributed by atoms with van der Waals surface area (Å²) in [6.45, 7) is 0.154. The Kier molecular flexibility index (Phi) is 3.10. The Morgan fingerprint density at radius 2 is 2.29 bits per heavy atom. The molecule has 2 N–H and O–H groups in total. The van der Waals surface area contributed by atoms with E-state index in [4.69, 9.17) is 5.11 Å². The Hall–Kier alpha value is -1.89. The van der Waals surface area contributed by atoms with E-state index in [1.165, 1.54) is 12.1 Å². The maximum Gasteiger partial charge on any atom is 0.321 e. The lowest BCUT2D eigenvalue weighted by atomic mass is 10.3. The molecule has 0 aromatic carbocycles. The van der Waals surface area contributed by atoms with Gasteiger partial charge >= 0.3 is 5.82 Å². The lowest BCUT2D eigenvalue weighted by Crippen LogP contribution is -2.35. The van der Waals surface area contributed by atoms with Gasteiger partial charge < -0.3 is 20.1 Å². The summed E-state index contributed by atoms with van der Waals surface area (Å²) in [5.41, 5.74) is 0.192. The Morgan fingerprint density at radius 1 is 1.59 bits per heavy atom. The van der Waals surface area contributed by atoms with Crippen LogP contribution < -0.4 is 0 Å². The van der Waals surface area contributed by atoms with Crippen LogP contribution in [0.5, 0.6) is 0 Å². The number of nitrogens with one attached hydrogen (secondary N) is 1. The fourth-order valence-corrected chi connectivity index (χ4v) is 1.71. The second kappa shape index (κ2) is 4.54. The zero-order valence-electron chi connectivity index (χ0n) is 9.13. The molecule has 0 atom stereocenters. The lowest BCUT2D eigenvalue weighted by molar-refractivity contribution is -0.389. The summed E-state index contributed by atoms with van der Waals surface area (Å²) in [5, 5.41) is 19.4. The van der Waals surface area contributed by atoms with Crippen LogP contribution >= 0.6 is 0 Å². The van der Waals surface area contributed by atoms with Gasteiger partial charge in [-0.1, -0.05) is 0 Å². The van der Waals surface area contributed by atoms with Crippen molar-refractivity contribution < 1.29 is 14.8 Å². The van der Waals surface area contributed by atoms with Gasteiger partial charge in [-0.3, -0.25) is 4.79 Å². The fourth-order valence-electron chi connectivity index (χ4n) is 1.71. The molecule has 2 rings (SSSR count). The summed E-state index contributed by atoms with van der Waals surface area (Å²) in [7, 11) is 0. The summed E-state index contributed by atoms with van der Waals surface area (Å²) in [6.07, 6.45) is 1.85. The molecule has 0 unspecified atom stereocenters. The average molecular weight is 239 g/mol. The average Bonchev–Trinajstić information content (AvgIpc) is 3.00. The van der Waals surface area contributed by atoms with E-state index in [2.05, 4.69) is 4.98 Å². The number of aliphatic hydroxyl groups is 1. The number of H-pyrrole nitrogens is 1. The van der Waals surface area contributed by atoms with Crippen LogP contribution in [0, 0.1) is 10.1 Å². The van der Waals surface area contributed by atoms with Crippen LogP contribution in [0.1, 0.15) is 23.3 Å². The number of nitro groups is 1. The van der Waals surface area contributed by atoms with E-state index >= 15 is 0 Å². The molecule has 92 valence electrons. The van der Waals surface area contributed by atoms with Crippen molar-refractivity contribution in [1.29, 1.82) is 0 Å². The van der Waals surface area contributed by atoms with Gasteiger partial charge in [-0.05, 0) is 23.8 Å². The van der Waals surface area contributed by atoms with Crippen LogP contribution in [0.3, 0.4) is 0 Å². The predicted molar refractivity (Wildman–Crippen MR) is 58.6 cm³/mol. The molecule has 1 heterocycles. The van der Waals surface area contributed by atoms with E-state index in [0.29, 0.717) is 0 Å². The third kappa shape index (κ3) is 2.44. The largest absolute Gasteiger partial charge is 0.395 e. The lowest BCUT2D eigenvalue weighted by Gasteiger charge is -2.19. The second-order valence-electron chi connectivity index (χ2n) is 3.97. The van der Waals surface area contributed by atoms with Crippen LogP contribution in [0.2, 0.25) is 0 Å². The van der Waals surface area contributed by atoms with Gasteiger partial charge in [0.2, 0.25) is 0 Å². The van der Waals surface area contributed by atoms with Crippen molar-refractivity contribution in [2.75, 3.05) is 13.2 Å². The summed E-state index contributed by atoms with van der Waals surface area (Å²) in [6, 6.07) is 2.82. The molecule has 1 aromatic rings. The maximum atomic E-state index is 12.0. The number of amides is 1. The summed E-state index contributed by atoms with van der Waals surface area (Å²) >= 11 is 0. The van der Waals surface area contributed by atoms with Gasteiger partial charge in [0.05, 0.1) is 6.61 Å². The van der Waals surface area contributed by atoms with Gasteiger partial charge in [0.25, 0.3) is 5.91 Å². The van der Waals surface area contributed by atoms with Crippen molar-refractivity contribution in [2.45, 2.75) is 18.9 Å². The van der Waals surface area contributed by atoms with Crippen LogP contribution in [0.15, 0.2) is 12.1 Å². The number of carbonyl (C=O) groups is 1. The molecular weight excluding hydrogens is 226 g/mol. The number of hydrogen-bond acceptors (Lipinski definition) is 4. The number of aromatic nitrogens is 1. The van der Waals surface area contributed by atoms with E-state index in [0.717, 1.165) is 12.8 Å². The minimum absolute atomic E-state index is 0.106. The van der Waals surface area contributed by atoms with E-state index in [1.54, 1.807) is 4.90 Å². The first-order chi connectivity index (χ1) is 8.13. The molecule has 7 heteroatoms. The molecule has 0 saturated heterocycles. The molecule has 0 spiro atoms. The van der Waals surface area contributed by atoms with Crippen molar-refractivity contribution in [1.82, 2.24) is 9.88 Å². The minimum Gasteiger partial charge on any atom is -0.395 e. The van der Waals surface area contributed by atoms with E-state index in [9.17, 15) is 14.9 Å². The summed E-state index contributed by atoms with van der Waals surface area (Å²) in [5.74, 6) is -0.497. The number of nitrogens with zero attached hydrogens (tertiary/aromatic N) is 2. The molecule has 17 heavy (non-hydrogen) atoms. The highest BCUT2D eigenvalue weighted by Crippen LogP contribution is 2.28. The van der Waals surface area contributed by atoms with E-state index in [1.807, 2.05) is 0 Å². The Bertz CT molecular complexity index is 439. The number of rotatable bonds is 5. The van der Waals surface area contributed by atoms with Crippen molar-refractivity contribution >= 4 is 11.7 Å². The third-order valence-electron chi connectivity index (χ3n) is 2.69. The molecule has 1 saturated carbocycles. The molecule has 1 aromatic heterocycles. The molecule has 0 radical (unpaired) electrons. The van der Waals surface area contributed by atoms with E-state index < -0.39 is 4.92 Å². The highest BCUT2D eigenvalue weighted by atomic mass is 16.6. The van der Waals surface area contributed by atoms with E-state index in [-0.39, 0.29) is 36.6 Å². The monoisotopic (exact) mass is 239 g/mol. The normalized spacial score (nSPS) is 14.6. The van der Waals surface area contributed by atoms with Crippen LogP contribution in [-0.2, 0) is 0 Å². The van der Waals surface area contributed by atoms with Gasteiger partial charge in [0, 0.05) is 18.7 Å². The third-order valence-corrected chi connectivity index (χ3v) is 2.69. The molecular formula is C10H13N3O4. The zero-order valence-corrected chi connectivity index (χ0v) is 9.13. The minimum atomic E-state index is -0.579. The molecule has 1 aliphatic carbocycles. The van der Waals surface area contributed by atoms with Crippen molar-refractivity contribution in [3.8, 4) is 0 Å². The van der Waals surface area contributed by atoms with Gasteiger partial charge in [-0.2, -0.15) is 0 Å². The molecule has 0 aliphatic heterocycles. The molecule has 1 fully saturated rings. The summed E-state index contributed by atoms with van der Waals surface area (Å²) < 4.78 is 0. The smallest absolute Gasteiger partial charge is 0.321 e. The first-order valence-electron chi connectivity index (χ1n) is 5.38. The van der Waals surface area contributed by atoms with Crippen LogP contribution in [-0.4, -0.2) is 45.0 Å². The van der Waals surface area contributed by atoms with Crippen LogP contribution in [0.4, 0.5) is 5.82 Å². The quantitative estimate of drug-likeness (QED) is 0.578. The highest BCUT2D eigenvalue weighted by molar-refractivity contribution is 5.93. The van der Waals surface area contributed by atoms with Crippen LogP contribution in [0.25, 0.3) is 0 Å². The standard InChI is InChI=1S/C10H13N3O4/c14-6-5-12(7-1-2-7)10(15)8-3-4-9(11-8)13(16)17/h3-4,7,11,14H,1-2,5-6H2. The second-order valence-corrected chi connectivity index (χ2v) is 3.97. The number of carbonyl (C=O) groups excluding carboxylic acids is 1. The molecule has 1 aliphatic rings. The Balaban J connectivity index is 2.13. The van der Waals surface area contributed by atoms with Crippen molar-refractivity contribution in [3.63, 3.8) is 0 Å². The highest BCUT2D eigenvalue weighted by Gasteiger charge is 2.34. The maximum absolute atomic E-state index is 12.0. The first-order valence-corrected chi connectivity index (χ1v) is 5.38. The Labute approximate surface area is 97.2 Å². The summed E-state index contributed by atoms with van der Waals surface area (Å²) in [4.78, 5) is 25.9. The molecule has 0 bridgehead atoms. The van der Waals surface area contributed by atoms with Gasteiger partial charge in [0.1, 0.15) is 0 Å². The van der Waals surface area contributed by atoms with Crippen molar-refractivity contribution in [2.24, 2.45) is 0 Å². The number of aliphatic hydroxyl groups excluding tert-OH is 1. The first kappa shape index (κ1) is 11.6. The topological polar surface area (TPSA) is 99.5 Å². The van der Waals surface area contributed by atoms with Gasteiger partial charge in [0.15, 0.2) is 5.69 Å².